The molecule has 1 aromatic rings. The molecule has 2 nitrogen and oxygen atoms in total. The van der Waals surface area contributed by atoms with Gasteiger partial charge in [-0.05, 0) is 23.3 Å². The van der Waals surface area contributed by atoms with Crippen LogP contribution in [0.4, 0.5) is 0 Å². The second-order valence-electron chi connectivity index (χ2n) is 5.36. The molecule has 16 heavy (non-hydrogen) atoms. The van der Waals surface area contributed by atoms with Crippen molar-refractivity contribution in [1.29, 1.82) is 0 Å². The van der Waals surface area contributed by atoms with Gasteiger partial charge >= 0.3 is 0 Å². The van der Waals surface area contributed by atoms with Crippen molar-refractivity contribution in [2.45, 2.75) is 32.9 Å². The zero-order valence-electron chi connectivity index (χ0n) is 10.1. The van der Waals surface area contributed by atoms with Crippen LogP contribution in [0.2, 0.25) is 0 Å². The molecule has 1 aliphatic rings. The van der Waals surface area contributed by atoms with Crippen LogP contribution in [0.25, 0.3) is 0 Å². The fraction of sp³-hybridized carbons (Fsp3) is 0.571. The van der Waals surface area contributed by atoms with E-state index in [1.54, 1.807) is 0 Å². The first kappa shape index (κ1) is 11.6. The van der Waals surface area contributed by atoms with Crippen LogP contribution >= 0.6 is 0 Å². The Hall–Kier alpha value is -0.860. The Labute approximate surface area is 97.8 Å². The lowest BCUT2D eigenvalue weighted by atomic mass is 9.59. The van der Waals surface area contributed by atoms with Gasteiger partial charge in [0.2, 0.25) is 0 Å². The van der Waals surface area contributed by atoms with Crippen molar-refractivity contribution >= 4 is 0 Å². The van der Waals surface area contributed by atoms with E-state index in [-0.39, 0.29) is 5.41 Å². The van der Waals surface area contributed by atoms with Crippen molar-refractivity contribution in [3.8, 4) is 0 Å². The van der Waals surface area contributed by atoms with Gasteiger partial charge in [0.1, 0.15) is 0 Å². The SMILES string of the molecule is CC1(C)C(N)CC1COCc1ccccc1. The van der Waals surface area contributed by atoms with Crippen molar-refractivity contribution < 1.29 is 4.74 Å². The molecule has 0 heterocycles. The predicted octanol–water partition coefficient (Wildman–Crippen LogP) is 2.58. The third-order valence-electron chi connectivity index (χ3n) is 3.98. The second kappa shape index (κ2) is 4.56. The van der Waals surface area contributed by atoms with Crippen molar-refractivity contribution in [2.24, 2.45) is 17.1 Å². The number of nitrogens with two attached hydrogens (primary N) is 1. The van der Waals surface area contributed by atoms with Crippen LogP contribution in [0.3, 0.4) is 0 Å². The molecule has 0 spiro atoms. The predicted molar refractivity (Wildman–Crippen MR) is 66.0 cm³/mol. The summed E-state index contributed by atoms with van der Waals surface area (Å²) in [6, 6.07) is 10.6. The molecule has 2 atom stereocenters. The van der Waals surface area contributed by atoms with Crippen molar-refractivity contribution in [3.63, 3.8) is 0 Å². The maximum atomic E-state index is 5.97. The average Bonchev–Trinajstić information content (AvgIpc) is 2.29. The van der Waals surface area contributed by atoms with E-state index in [4.69, 9.17) is 10.5 Å². The highest BCUT2D eigenvalue weighted by molar-refractivity contribution is 5.13. The Morgan fingerprint density at radius 3 is 2.56 bits per heavy atom. The van der Waals surface area contributed by atoms with Gasteiger partial charge in [-0.15, -0.1) is 0 Å². The largest absolute Gasteiger partial charge is 0.376 e. The van der Waals surface area contributed by atoms with Gasteiger partial charge in [0.25, 0.3) is 0 Å². The van der Waals surface area contributed by atoms with Crippen LogP contribution in [-0.2, 0) is 11.3 Å². The van der Waals surface area contributed by atoms with Crippen LogP contribution in [0.5, 0.6) is 0 Å². The summed E-state index contributed by atoms with van der Waals surface area (Å²) in [5, 5.41) is 0. The van der Waals surface area contributed by atoms with Gasteiger partial charge in [-0.1, -0.05) is 44.2 Å². The molecule has 0 aliphatic heterocycles. The number of hydrogen-bond acceptors (Lipinski definition) is 2. The monoisotopic (exact) mass is 219 g/mol. The van der Waals surface area contributed by atoms with Crippen molar-refractivity contribution in [2.75, 3.05) is 6.61 Å². The second-order valence-corrected chi connectivity index (χ2v) is 5.36. The molecule has 1 saturated carbocycles. The highest BCUT2D eigenvalue weighted by Crippen LogP contribution is 2.44. The molecular formula is C14H21NO. The molecule has 0 saturated heterocycles. The Morgan fingerprint density at radius 1 is 1.31 bits per heavy atom. The molecule has 1 aromatic carbocycles. The van der Waals surface area contributed by atoms with E-state index in [2.05, 4.69) is 26.0 Å². The van der Waals surface area contributed by atoms with Gasteiger partial charge in [0.15, 0.2) is 0 Å². The van der Waals surface area contributed by atoms with E-state index in [0.29, 0.717) is 18.6 Å². The Bertz CT molecular complexity index is 334. The molecule has 88 valence electrons. The molecule has 0 amide bonds. The Morgan fingerprint density at radius 2 is 2.00 bits per heavy atom. The fourth-order valence-electron chi connectivity index (χ4n) is 2.23. The van der Waals surface area contributed by atoms with Gasteiger partial charge in [-0.2, -0.15) is 0 Å². The summed E-state index contributed by atoms with van der Waals surface area (Å²) < 4.78 is 5.75. The zero-order valence-corrected chi connectivity index (χ0v) is 10.1. The van der Waals surface area contributed by atoms with E-state index in [9.17, 15) is 0 Å². The molecule has 2 N–H and O–H groups in total. The number of ether oxygens (including phenoxy) is 1. The average molecular weight is 219 g/mol. The van der Waals surface area contributed by atoms with Gasteiger partial charge < -0.3 is 10.5 Å². The van der Waals surface area contributed by atoms with E-state index in [0.717, 1.165) is 13.0 Å². The van der Waals surface area contributed by atoms with Crippen LogP contribution in [0, 0.1) is 11.3 Å². The molecular weight excluding hydrogens is 198 g/mol. The van der Waals surface area contributed by atoms with E-state index >= 15 is 0 Å². The first-order valence-electron chi connectivity index (χ1n) is 5.98. The summed E-state index contributed by atoms with van der Waals surface area (Å²) in [5.41, 5.74) is 7.46. The zero-order chi connectivity index (χ0) is 11.6. The summed E-state index contributed by atoms with van der Waals surface area (Å²) >= 11 is 0. The molecule has 0 radical (unpaired) electrons. The lowest BCUT2D eigenvalue weighted by Gasteiger charge is -2.50. The fourth-order valence-corrected chi connectivity index (χ4v) is 2.23. The number of hydrogen-bond donors (Lipinski definition) is 1. The molecule has 0 bridgehead atoms. The summed E-state index contributed by atoms with van der Waals surface area (Å²) in [7, 11) is 0. The third-order valence-corrected chi connectivity index (χ3v) is 3.98. The maximum absolute atomic E-state index is 5.97. The normalized spacial score (nSPS) is 27.4. The van der Waals surface area contributed by atoms with Gasteiger partial charge in [-0.25, -0.2) is 0 Å². The summed E-state index contributed by atoms with van der Waals surface area (Å²) in [6.07, 6.45) is 1.10. The first-order valence-corrected chi connectivity index (χ1v) is 5.98. The standard InChI is InChI=1S/C14H21NO/c1-14(2)12(8-13(14)15)10-16-9-11-6-4-3-5-7-11/h3-7,12-13H,8-10,15H2,1-2H3. The highest BCUT2D eigenvalue weighted by Gasteiger charge is 2.45. The molecule has 2 rings (SSSR count). The van der Waals surface area contributed by atoms with Crippen LogP contribution in [0.1, 0.15) is 25.8 Å². The highest BCUT2D eigenvalue weighted by atomic mass is 16.5. The summed E-state index contributed by atoms with van der Waals surface area (Å²) in [6.45, 7) is 6.01. The van der Waals surface area contributed by atoms with Gasteiger partial charge in [0.05, 0.1) is 13.2 Å². The van der Waals surface area contributed by atoms with Crippen LogP contribution in [-0.4, -0.2) is 12.6 Å². The Balaban J connectivity index is 1.74. The maximum Gasteiger partial charge on any atom is 0.0717 e. The lowest BCUT2D eigenvalue weighted by Crippen LogP contribution is -2.55. The molecule has 2 heteroatoms. The number of benzene rings is 1. The minimum Gasteiger partial charge on any atom is -0.376 e. The first-order chi connectivity index (χ1) is 7.60. The summed E-state index contributed by atoms with van der Waals surface area (Å²) in [5.74, 6) is 0.617. The molecule has 2 unspecified atom stereocenters. The lowest BCUT2D eigenvalue weighted by molar-refractivity contribution is -0.0386. The van der Waals surface area contributed by atoms with Crippen LogP contribution in [0.15, 0.2) is 30.3 Å². The van der Waals surface area contributed by atoms with E-state index < -0.39 is 0 Å². The van der Waals surface area contributed by atoms with Gasteiger partial charge in [-0.3, -0.25) is 0 Å². The Kier molecular flexibility index (Phi) is 3.31. The number of rotatable bonds is 4. The van der Waals surface area contributed by atoms with Crippen LogP contribution < -0.4 is 5.73 Å². The minimum atomic E-state index is 0.247. The summed E-state index contributed by atoms with van der Waals surface area (Å²) in [4.78, 5) is 0. The van der Waals surface area contributed by atoms with E-state index in [1.807, 2.05) is 18.2 Å². The van der Waals surface area contributed by atoms with Crippen molar-refractivity contribution in [1.82, 2.24) is 0 Å². The topological polar surface area (TPSA) is 35.2 Å². The van der Waals surface area contributed by atoms with Gasteiger partial charge in [0, 0.05) is 6.04 Å². The molecule has 0 aromatic heterocycles. The molecule has 1 fully saturated rings. The van der Waals surface area contributed by atoms with E-state index in [1.165, 1.54) is 5.56 Å². The minimum absolute atomic E-state index is 0.247. The smallest absolute Gasteiger partial charge is 0.0717 e. The quantitative estimate of drug-likeness (QED) is 0.844. The molecule has 1 aliphatic carbocycles. The van der Waals surface area contributed by atoms with Crippen molar-refractivity contribution in [3.05, 3.63) is 35.9 Å². The third kappa shape index (κ3) is 2.28.